The molecule has 0 bridgehead atoms. The van der Waals surface area contributed by atoms with E-state index in [1.165, 1.54) is 0 Å². The summed E-state index contributed by atoms with van der Waals surface area (Å²) < 4.78 is 22.9. The van der Waals surface area contributed by atoms with Crippen molar-refractivity contribution in [3.05, 3.63) is 0 Å². The van der Waals surface area contributed by atoms with Gasteiger partial charge in [0.2, 0.25) is 5.91 Å². The van der Waals surface area contributed by atoms with Crippen LogP contribution in [0.4, 0.5) is 0 Å². The van der Waals surface area contributed by atoms with E-state index >= 15 is 0 Å². The van der Waals surface area contributed by atoms with Crippen LogP contribution in [0.3, 0.4) is 0 Å². The largest absolute Gasteiger partial charge is 0.328 e. The average Bonchev–Trinajstić information content (AvgIpc) is 2.60. The molecule has 0 radical (unpaired) electrons. The Morgan fingerprint density at radius 3 is 2.61 bits per heavy atom. The van der Waals surface area contributed by atoms with Crippen LogP contribution in [0.5, 0.6) is 0 Å². The van der Waals surface area contributed by atoms with Crippen LogP contribution in [0.1, 0.15) is 12.8 Å². The number of nitrogens with one attached hydrogen (secondary N) is 1. The minimum Gasteiger partial charge on any atom is -0.328 e. The Morgan fingerprint density at radius 1 is 1.44 bits per heavy atom. The lowest BCUT2D eigenvalue weighted by molar-refractivity contribution is -0.133. The summed E-state index contributed by atoms with van der Waals surface area (Å²) in [5.74, 6) is 3.04. The van der Waals surface area contributed by atoms with Gasteiger partial charge in [-0.2, -0.15) is 0 Å². The first-order valence-electron chi connectivity index (χ1n) is 6.16. The number of hydrogen-bond acceptors (Lipinski definition) is 4. The third-order valence-corrected chi connectivity index (χ3v) is 5.31. The highest BCUT2D eigenvalue weighted by Gasteiger charge is 2.35. The van der Waals surface area contributed by atoms with Crippen LogP contribution in [-0.4, -0.2) is 56.4 Å². The number of sulfone groups is 1. The molecule has 2 rings (SSSR count). The summed E-state index contributed by atoms with van der Waals surface area (Å²) in [7, 11) is -2.99. The molecule has 0 aromatic carbocycles. The van der Waals surface area contributed by atoms with E-state index in [2.05, 4.69) is 11.2 Å². The third-order valence-electron chi connectivity index (χ3n) is 3.56. The fraction of sp³-hybridized carbons (Fsp3) is 0.750. The van der Waals surface area contributed by atoms with Gasteiger partial charge < -0.3 is 10.2 Å². The standard InChI is InChI=1S/C12H18N2O3S/c1-2-4-14(11-3-5-18(16,17)9-11)12(15)6-10-7-13-8-10/h1,10-11,13H,3-9H2. The molecule has 2 heterocycles. The molecule has 2 aliphatic rings. The lowest BCUT2D eigenvalue weighted by Gasteiger charge is -2.31. The second-order valence-corrected chi connectivity index (χ2v) is 7.24. The van der Waals surface area contributed by atoms with Gasteiger partial charge >= 0.3 is 0 Å². The summed E-state index contributed by atoms with van der Waals surface area (Å²) in [6, 6.07) is -0.230. The van der Waals surface area contributed by atoms with Crippen molar-refractivity contribution in [2.75, 3.05) is 31.1 Å². The van der Waals surface area contributed by atoms with Crippen molar-refractivity contribution in [2.45, 2.75) is 18.9 Å². The molecule has 6 heteroatoms. The second-order valence-electron chi connectivity index (χ2n) is 5.01. The molecule has 0 aromatic rings. The first-order chi connectivity index (χ1) is 8.52. The van der Waals surface area contributed by atoms with Gasteiger partial charge in [-0.15, -0.1) is 6.42 Å². The van der Waals surface area contributed by atoms with Crippen molar-refractivity contribution in [1.29, 1.82) is 0 Å². The molecular formula is C12H18N2O3S. The van der Waals surface area contributed by atoms with Gasteiger partial charge in [-0.3, -0.25) is 4.79 Å². The maximum atomic E-state index is 12.1. The molecule has 1 N–H and O–H groups in total. The molecule has 18 heavy (non-hydrogen) atoms. The maximum absolute atomic E-state index is 12.1. The third kappa shape index (κ3) is 3.03. The number of nitrogens with zero attached hydrogens (tertiary/aromatic N) is 1. The van der Waals surface area contributed by atoms with Gasteiger partial charge in [-0.1, -0.05) is 5.92 Å². The highest BCUT2D eigenvalue weighted by atomic mass is 32.2. The molecule has 2 saturated heterocycles. The van der Waals surface area contributed by atoms with E-state index in [9.17, 15) is 13.2 Å². The molecule has 2 fully saturated rings. The van der Waals surface area contributed by atoms with Crippen LogP contribution in [0.15, 0.2) is 0 Å². The van der Waals surface area contributed by atoms with Gasteiger partial charge in [0, 0.05) is 12.5 Å². The normalized spacial score (nSPS) is 26.3. The molecular weight excluding hydrogens is 252 g/mol. The number of terminal acetylenes is 1. The van der Waals surface area contributed by atoms with Gasteiger partial charge in [0.15, 0.2) is 9.84 Å². The van der Waals surface area contributed by atoms with E-state index < -0.39 is 9.84 Å². The highest BCUT2D eigenvalue weighted by Crippen LogP contribution is 2.20. The van der Waals surface area contributed by atoms with Gasteiger partial charge in [0.25, 0.3) is 0 Å². The van der Waals surface area contributed by atoms with Crippen molar-refractivity contribution in [2.24, 2.45) is 5.92 Å². The van der Waals surface area contributed by atoms with Crippen molar-refractivity contribution in [3.8, 4) is 12.3 Å². The Labute approximate surface area is 108 Å². The highest BCUT2D eigenvalue weighted by molar-refractivity contribution is 7.91. The molecule has 100 valence electrons. The Morgan fingerprint density at radius 2 is 2.17 bits per heavy atom. The molecule has 2 aliphatic heterocycles. The van der Waals surface area contributed by atoms with Gasteiger partial charge in [-0.05, 0) is 25.4 Å². The minimum atomic E-state index is -2.99. The molecule has 1 atom stereocenters. The minimum absolute atomic E-state index is 0.0125. The van der Waals surface area contributed by atoms with Crippen LogP contribution in [-0.2, 0) is 14.6 Å². The van der Waals surface area contributed by atoms with Crippen LogP contribution < -0.4 is 5.32 Å². The molecule has 5 nitrogen and oxygen atoms in total. The Kier molecular flexibility index (Phi) is 3.93. The summed E-state index contributed by atoms with van der Waals surface area (Å²) in [6.07, 6.45) is 6.25. The monoisotopic (exact) mass is 270 g/mol. The van der Waals surface area contributed by atoms with Crippen LogP contribution in [0.2, 0.25) is 0 Å². The number of hydrogen-bond donors (Lipinski definition) is 1. The summed E-state index contributed by atoms with van der Waals surface area (Å²) >= 11 is 0. The zero-order chi connectivity index (χ0) is 13.2. The SMILES string of the molecule is C#CCN(C(=O)CC1CNC1)C1CCS(=O)(=O)C1. The molecule has 0 aliphatic carbocycles. The van der Waals surface area contributed by atoms with Gasteiger partial charge in [0.05, 0.1) is 18.1 Å². The lowest BCUT2D eigenvalue weighted by atomic mass is 9.98. The zero-order valence-electron chi connectivity index (χ0n) is 10.3. The van der Waals surface area contributed by atoms with E-state index in [0.29, 0.717) is 18.8 Å². The number of amides is 1. The summed E-state index contributed by atoms with van der Waals surface area (Å²) in [4.78, 5) is 13.7. The zero-order valence-corrected chi connectivity index (χ0v) is 11.1. The van der Waals surface area contributed by atoms with E-state index in [-0.39, 0.29) is 30.0 Å². The maximum Gasteiger partial charge on any atom is 0.224 e. The van der Waals surface area contributed by atoms with Crippen LogP contribution in [0.25, 0.3) is 0 Å². The molecule has 0 aromatic heterocycles. The van der Waals surface area contributed by atoms with E-state index in [1.807, 2.05) is 0 Å². The molecule has 1 unspecified atom stereocenters. The molecule has 0 saturated carbocycles. The Hall–Kier alpha value is -1.06. The van der Waals surface area contributed by atoms with Crippen molar-refractivity contribution >= 4 is 15.7 Å². The average molecular weight is 270 g/mol. The Balaban J connectivity index is 1.99. The van der Waals surface area contributed by atoms with Crippen molar-refractivity contribution < 1.29 is 13.2 Å². The number of carbonyl (C=O) groups is 1. The predicted octanol–water partition coefficient (Wildman–Crippen LogP) is -0.755. The topological polar surface area (TPSA) is 66.5 Å². The molecule has 0 spiro atoms. The summed E-state index contributed by atoms with van der Waals surface area (Å²) in [6.45, 7) is 1.93. The fourth-order valence-corrected chi connectivity index (χ4v) is 4.13. The predicted molar refractivity (Wildman–Crippen MR) is 68.6 cm³/mol. The van der Waals surface area contributed by atoms with E-state index in [0.717, 1.165) is 13.1 Å². The Bertz CT molecular complexity index is 462. The number of carbonyl (C=O) groups excluding carboxylic acids is 1. The van der Waals surface area contributed by atoms with Gasteiger partial charge in [0.1, 0.15) is 0 Å². The molecule has 1 amide bonds. The van der Waals surface area contributed by atoms with Crippen LogP contribution >= 0.6 is 0 Å². The second kappa shape index (κ2) is 5.29. The van der Waals surface area contributed by atoms with E-state index in [1.54, 1.807) is 4.90 Å². The fourth-order valence-electron chi connectivity index (χ4n) is 2.40. The first kappa shape index (κ1) is 13.4. The van der Waals surface area contributed by atoms with Crippen molar-refractivity contribution in [3.63, 3.8) is 0 Å². The first-order valence-corrected chi connectivity index (χ1v) is 7.98. The summed E-state index contributed by atoms with van der Waals surface area (Å²) in [5.41, 5.74) is 0. The van der Waals surface area contributed by atoms with Crippen molar-refractivity contribution in [1.82, 2.24) is 10.2 Å². The van der Waals surface area contributed by atoms with Gasteiger partial charge in [-0.25, -0.2) is 8.42 Å². The van der Waals surface area contributed by atoms with E-state index in [4.69, 9.17) is 6.42 Å². The number of rotatable bonds is 4. The quantitative estimate of drug-likeness (QED) is 0.682. The lowest BCUT2D eigenvalue weighted by Crippen LogP contribution is -2.47. The smallest absolute Gasteiger partial charge is 0.224 e. The van der Waals surface area contributed by atoms with Crippen LogP contribution in [0, 0.1) is 18.3 Å². The summed E-state index contributed by atoms with van der Waals surface area (Å²) in [5, 5.41) is 3.11.